The number of nitrogens with zero attached hydrogens (tertiary/aromatic N) is 4. The summed E-state index contributed by atoms with van der Waals surface area (Å²) in [7, 11) is 0. The highest BCUT2D eigenvalue weighted by molar-refractivity contribution is 9.09. The maximum Gasteiger partial charge on any atom is 0.0597 e. The van der Waals surface area contributed by atoms with Gasteiger partial charge in [-0.1, -0.05) is 15.9 Å². The Morgan fingerprint density at radius 1 is 1.21 bits per heavy atom. The lowest BCUT2D eigenvalue weighted by Crippen LogP contribution is -2.32. The molecule has 1 aromatic rings. The molecule has 108 valence electrons. The van der Waals surface area contributed by atoms with E-state index in [1.165, 1.54) is 44.8 Å². The number of alkyl halides is 1. The summed E-state index contributed by atoms with van der Waals surface area (Å²) >= 11 is 3.53. The fourth-order valence-electron chi connectivity index (χ4n) is 2.75. The van der Waals surface area contributed by atoms with Gasteiger partial charge >= 0.3 is 0 Å². The molecule has 0 aliphatic carbocycles. The molecule has 1 aliphatic rings. The fourth-order valence-corrected chi connectivity index (χ4v) is 3.26. The molecule has 5 heteroatoms. The van der Waals surface area contributed by atoms with Crippen molar-refractivity contribution in [3.05, 3.63) is 17.5 Å². The quantitative estimate of drug-likeness (QED) is 0.774. The second-order valence-corrected chi connectivity index (χ2v) is 6.05. The molecule has 1 saturated heterocycles. The van der Waals surface area contributed by atoms with E-state index in [1.807, 2.05) is 0 Å². The number of aryl methyl sites for hydroxylation is 2. The third-order valence-electron chi connectivity index (χ3n) is 3.75. The molecule has 0 spiro atoms. The minimum absolute atomic E-state index is 0.965. The molecule has 19 heavy (non-hydrogen) atoms. The molecule has 0 unspecified atom stereocenters. The molecule has 4 nitrogen and oxygen atoms in total. The van der Waals surface area contributed by atoms with Crippen molar-refractivity contribution in [2.75, 3.05) is 38.1 Å². The zero-order chi connectivity index (χ0) is 13.7. The molecule has 0 atom stereocenters. The average molecular weight is 329 g/mol. The summed E-state index contributed by atoms with van der Waals surface area (Å²) < 4.78 is 2.14. The van der Waals surface area contributed by atoms with E-state index in [-0.39, 0.29) is 0 Å². The SMILES string of the molecule is CCn1nc(C)cc1CN1CCCN(CCBr)CC1. The van der Waals surface area contributed by atoms with Gasteiger partial charge in [0.15, 0.2) is 0 Å². The number of hydrogen-bond donors (Lipinski definition) is 0. The van der Waals surface area contributed by atoms with Crippen LogP contribution in [0.3, 0.4) is 0 Å². The van der Waals surface area contributed by atoms with Gasteiger partial charge in [0.2, 0.25) is 0 Å². The first-order chi connectivity index (χ1) is 9.22. The molecule has 2 heterocycles. The summed E-state index contributed by atoms with van der Waals surface area (Å²) in [6.45, 7) is 12.2. The predicted octanol–water partition coefficient (Wildman–Crippen LogP) is 2.11. The molecule has 0 N–H and O–H groups in total. The topological polar surface area (TPSA) is 24.3 Å². The number of halogens is 1. The van der Waals surface area contributed by atoms with Gasteiger partial charge in [0.1, 0.15) is 0 Å². The highest BCUT2D eigenvalue weighted by atomic mass is 79.9. The molecule has 0 aromatic carbocycles. The Morgan fingerprint density at radius 3 is 2.68 bits per heavy atom. The van der Waals surface area contributed by atoms with Gasteiger partial charge in [-0.25, -0.2) is 0 Å². The van der Waals surface area contributed by atoms with E-state index >= 15 is 0 Å². The molecule has 0 amide bonds. The van der Waals surface area contributed by atoms with Crippen LogP contribution in [0.25, 0.3) is 0 Å². The van der Waals surface area contributed by atoms with Crippen LogP contribution >= 0.6 is 15.9 Å². The Morgan fingerprint density at radius 2 is 1.95 bits per heavy atom. The average Bonchev–Trinajstić information content (AvgIpc) is 2.59. The van der Waals surface area contributed by atoms with E-state index in [1.54, 1.807) is 0 Å². The van der Waals surface area contributed by atoms with Crippen LogP contribution < -0.4 is 0 Å². The largest absolute Gasteiger partial charge is 0.301 e. The number of rotatable bonds is 5. The van der Waals surface area contributed by atoms with Crippen LogP contribution in [-0.4, -0.2) is 57.6 Å². The third-order valence-corrected chi connectivity index (χ3v) is 4.11. The molecule has 1 fully saturated rings. The van der Waals surface area contributed by atoms with Crippen LogP contribution in [0.5, 0.6) is 0 Å². The maximum absolute atomic E-state index is 4.54. The van der Waals surface area contributed by atoms with Crippen LogP contribution in [0.1, 0.15) is 24.7 Å². The Balaban J connectivity index is 1.92. The molecule has 0 bridgehead atoms. The lowest BCUT2D eigenvalue weighted by molar-refractivity contribution is 0.253. The lowest BCUT2D eigenvalue weighted by atomic mass is 10.3. The Kier molecular flexibility index (Phi) is 5.85. The van der Waals surface area contributed by atoms with Gasteiger partial charge < -0.3 is 4.90 Å². The van der Waals surface area contributed by atoms with Gasteiger partial charge in [-0.15, -0.1) is 0 Å². The van der Waals surface area contributed by atoms with Crippen molar-refractivity contribution in [1.29, 1.82) is 0 Å². The van der Waals surface area contributed by atoms with Crippen molar-refractivity contribution >= 4 is 15.9 Å². The lowest BCUT2D eigenvalue weighted by Gasteiger charge is -2.21. The third kappa shape index (κ3) is 4.29. The van der Waals surface area contributed by atoms with Crippen LogP contribution in [0.15, 0.2) is 6.07 Å². The summed E-state index contributed by atoms with van der Waals surface area (Å²) in [6, 6.07) is 2.23. The summed E-state index contributed by atoms with van der Waals surface area (Å²) in [5.74, 6) is 0. The van der Waals surface area contributed by atoms with Crippen LogP contribution in [0.4, 0.5) is 0 Å². The summed E-state index contributed by atoms with van der Waals surface area (Å²) in [4.78, 5) is 5.12. The first-order valence-corrected chi connectivity index (χ1v) is 8.39. The van der Waals surface area contributed by atoms with E-state index < -0.39 is 0 Å². The van der Waals surface area contributed by atoms with E-state index in [2.05, 4.69) is 55.4 Å². The van der Waals surface area contributed by atoms with Crippen molar-refractivity contribution in [3.63, 3.8) is 0 Å². The zero-order valence-corrected chi connectivity index (χ0v) is 13.7. The first kappa shape index (κ1) is 15.0. The fraction of sp³-hybridized carbons (Fsp3) is 0.786. The van der Waals surface area contributed by atoms with Gasteiger partial charge in [0.05, 0.1) is 11.4 Å². The monoisotopic (exact) mass is 328 g/mol. The molecule has 1 aromatic heterocycles. The summed E-state index contributed by atoms with van der Waals surface area (Å²) in [5, 5.41) is 5.61. The minimum Gasteiger partial charge on any atom is -0.301 e. The summed E-state index contributed by atoms with van der Waals surface area (Å²) in [6.07, 6.45) is 1.27. The maximum atomic E-state index is 4.54. The standard InChI is InChI=1S/C14H25BrN4/c1-3-19-14(11-13(2)16-19)12-18-7-4-6-17(8-5-15)9-10-18/h11H,3-10,12H2,1-2H3. The first-order valence-electron chi connectivity index (χ1n) is 7.27. The smallest absolute Gasteiger partial charge is 0.0597 e. The van der Waals surface area contributed by atoms with Crippen LogP contribution in [0.2, 0.25) is 0 Å². The Bertz CT molecular complexity index is 391. The Hall–Kier alpha value is -0.390. The van der Waals surface area contributed by atoms with Crippen molar-refractivity contribution < 1.29 is 0 Å². The van der Waals surface area contributed by atoms with Gasteiger partial charge in [-0.2, -0.15) is 5.10 Å². The highest BCUT2D eigenvalue weighted by Gasteiger charge is 2.16. The van der Waals surface area contributed by atoms with Crippen molar-refractivity contribution in [2.24, 2.45) is 0 Å². The van der Waals surface area contributed by atoms with Gasteiger partial charge in [-0.3, -0.25) is 9.58 Å². The van der Waals surface area contributed by atoms with Gasteiger partial charge in [0, 0.05) is 38.1 Å². The summed E-state index contributed by atoms with van der Waals surface area (Å²) in [5.41, 5.74) is 2.49. The molecule has 0 saturated carbocycles. The molecule has 0 radical (unpaired) electrons. The highest BCUT2D eigenvalue weighted by Crippen LogP contribution is 2.11. The zero-order valence-electron chi connectivity index (χ0n) is 12.1. The number of hydrogen-bond acceptors (Lipinski definition) is 3. The van der Waals surface area contributed by atoms with E-state index in [9.17, 15) is 0 Å². The normalized spacial score (nSPS) is 18.7. The van der Waals surface area contributed by atoms with E-state index in [0.29, 0.717) is 0 Å². The second-order valence-electron chi connectivity index (χ2n) is 5.25. The second kappa shape index (κ2) is 7.41. The van der Waals surface area contributed by atoms with Gasteiger partial charge in [-0.05, 0) is 39.4 Å². The van der Waals surface area contributed by atoms with E-state index in [4.69, 9.17) is 0 Å². The number of aromatic nitrogens is 2. The molecule has 2 rings (SSSR count). The van der Waals surface area contributed by atoms with Crippen LogP contribution in [-0.2, 0) is 13.1 Å². The van der Waals surface area contributed by atoms with Crippen molar-refractivity contribution in [3.8, 4) is 0 Å². The van der Waals surface area contributed by atoms with Crippen molar-refractivity contribution in [1.82, 2.24) is 19.6 Å². The molecular weight excluding hydrogens is 304 g/mol. The van der Waals surface area contributed by atoms with E-state index in [0.717, 1.165) is 24.1 Å². The van der Waals surface area contributed by atoms with Gasteiger partial charge in [0.25, 0.3) is 0 Å². The van der Waals surface area contributed by atoms with Crippen LogP contribution in [0, 0.1) is 6.92 Å². The predicted molar refractivity (Wildman–Crippen MR) is 82.8 cm³/mol. The Labute approximate surface area is 124 Å². The molecular formula is C14H25BrN4. The molecule has 1 aliphatic heterocycles. The minimum atomic E-state index is 0.965. The van der Waals surface area contributed by atoms with Crippen molar-refractivity contribution in [2.45, 2.75) is 33.4 Å².